The van der Waals surface area contributed by atoms with Gasteiger partial charge in [0.25, 0.3) is 0 Å². The number of rotatable bonds is 3. The van der Waals surface area contributed by atoms with Gasteiger partial charge >= 0.3 is 5.97 Å². The van der Waals surface area contributed by atoms with Gasteiger partial charge in [0.15, 0.2) is 0 Å². The summed E-state index contributed by atoms with van der Waals surface area (Å²) < 4.78 is 0. The number of carboxylic acids is 1. The Morgan fingerprint density at radius 3 is 2.00 bits per heavy atom. The van der Waals surface area contributed by atoms with Crippen molar-refractivity contribution in [2.75, 3.05) is 6.54 Å². The van der Waals surface area contributed by atoms with Crippen molar-refractivity contribution in [2.45, 2.75) is 44.1 Å². The van der Waals surface area contributed by atoms with Gasteiger partial charge in [0.2, 0.25) is 0 Å². The second kappa shape index (κ2) is 3.21. The van der Waals surface area contributed by atoms with Crippen LogP contribution < -0.4 is 5.32 Å². The Hall–Kier alpha value is -0.570. The first-order chi connectivity index (χ1) is 7.15. The molecule has 0 aromatic heterocycles. The minimum Gasteiger partial charge on any atom is -0.480 e. The summed E-state index contributed by atoms with van der Waals surface area (Å²) in [6.45, 7) is 0.145. The summed E-state index contributed by atoms with van der Waals surface area (Å²) in [5.41, 5.74) is 0.202. The maximum absolute atomic E-state index is 10.6. The monoisotopic (exact) mass is 209 g/mol. The summed E-state index contributed by atoms with van der Waals surface area (Å²) in [6, 6.07) is 0. The molecule has 4 aliphatic rings. The second-order valence-corrected chi connectivity index (χ2v) is 5.95. The fraction of sp³-hybridized carbons (Fsp3) is 0.917. The minimum absolute atomic E-state index is 0.145. The van der Waals surface area contributed by atoms with Gasteiger partial charge in [0.1, 0.15) is 0 Å². The van der Waals surface area contributed by atoms with E-state index in [2.05, 4.69) is 5.32 Å². The normalized spacial score (nSPS) is 47.1. The van der Waals surface area contributed by atoms with Crippen LogP contribution >= 0.6 is 0 Å². The van der Waals surface area contributed by atoms with Crippen LogP contribution in [0.2, 0.25) is 0 Å². The van der Waals surface area contributed by atoms with Crippen molar-refractivity contribution < 1.29 is 9.90 Å². The lowest BCUT2D eigenvalue weighted by Crippen LogP contribution is -2.59. The smallest absolute Gasteiger partial charge is 0.317 e. The van der Waals surface area contributed by atoms with Gasteiger partial charge < -0.3 is 10.4 Å². The molecule has 0 spiro atoms. The number of hydrogen-bond donors (Lipinski definition) is 2. The maximum atomic E-state index is 10.6. The Morgan fingerprint density at radius 1 is 1.13 bits per heavy atom. The third-order valence-electron chi connectivity index (χ3n) is 4.65. The lowest BCUT2D eigenvalue weighted by atomic mass is 9.53. The van der Waals surface area contributed by atoms with Gasteiger partial charge in [0.05, 0.1) is 6.54 Å². The Balaban J connectivity index is 1.72. The van der Waals surface area contributed by atoms with Crippen LogP contribution in [0.3, 0.4) is 0 Å². The molecule has 3 heteroatoms. The van der Waals surface area contributed by atoms with Crippen LogP contribution in [-0.4, -0.2) is 23.2 Å². The summed E-state index contributed by atoms with van der Waals surface area (Å²) in [4.78, 5) is 10.6. The van der Waals surface area contributed by atoms with Crippen molar-refractivity contribution in [1.82, 2.24) is 5.32 Å². The van der Waals surface area contributed by atoms with E-state index in [9.17, 15) is 4.79 Å². The molecule has 4 aliphatic carbocycles. The molecule has 2 N–H and O–H groups in total. The van der Waals surface area contributed by atoms with E-state index in [1.165, 1.54) is 38.5 Å². The van der Waals surface area contributed by atoms with Gasteiger partial charge in [-0.05, 0) is 56.3 Å². The zero-order chi connectivity index (χ0) is 10.5. The fourth-order valence-corrected chi connectivity index (χ4v) is 4.59. The predicted octanol–water partition coefficient (Wildman–Crippen LogP) is 1.63. The maximum Gasteiger partial charge on any atom is 0.317 e. The van der Waals surface area contributed by atoms with Crippen molar-refractivity contribution in [3.63, 3.8) is 0 Å². The van der Waals surface area contributed by atoms with Gasteiger partial charge in [-0.15, -0.1) is 0 Å². The van der Waals surface area contributed by atoms with E-state index in [1.54, 1.807) is 0 Å². The van der Waals surface area contributed by atoms with Gasteiger partial charge in [-0.2, -0.15) is 0 Å². The van der Waals surface area contributed by atoms with Crippen molar-refractivity contribution in [3.8, 4) is 0 Å². The topological polar surface area (TPSA) is 49.3 Å². The standard InChI is InChI=1S/C12H19NO2/c14-11(15)7-13-12-4-8-1-9(5-12)3-10(2-8)6-12/h8-10,13H,1-7H2,(H,14,15). The molecule has 0 amide bonds. The molecule has 0 aliphatic heterocycles. The SMILES string of the molecule is O=C(O)CNC12CC3CC(CC(C3)C1)C2. The highest BCUT2D eigenvalue weighted by molar-refractivity contribution is 5.69. The largest absolute Gasteiger partial charge is 0.480 e. The van der Waals surface area contributed by atoms with Gasteiger partial charge in [-0.3, -0.25) is 4.79 Å². The van der Waals surface area contributed by atoms with Gasteiger partial charge in [-0.1, -0.05) is 0 Å². The molecule has 4 saturated carbocycles. The first kappa shape index (κ1) is 9.64. The van der Waals surface area contributed by atoms with E-state index >= 15 is 0 Å². The Bertz CT molecular complexity index is 252. The van der Waals surface area contributed by atoms with Gasteiger partial charge in [0, 0.05) is 5.54 Å². The number of carboxylic acid groups (broad SMARTS) is 1. The first-order valence-electron chi connectivity index (χ1n) is 6.12. The van der Waals surface area contributed by atoms with E-state index in [1.807, 2.05) is 0 Å². The van der Waals surface area contributed by atoms with E-state index < -0.39 is 5.97 Å². The van der Waals surface area contributed by atoms with Crippen molar-refractivity contribution >= 4 is 5.97 Å². The number of nitrogens with one attached hydrogen (secondary N) is 1. The Kier molecular flexibility index (Phi) is 2.06. The zero-order valence-electron chi connectivity index (χ0n) is 9.04. The summed E-state index contributed by atoms with van der Waals surface area (Å²) >= 11 is 0. The average Bonchev–Trinajstić information content (AvgIpc) is 2.12. The molecule has 15 heavy (non-hydrogen) atoms. The molecule has 4 rings (SSSR count). The lowest BCUT2D eigenvalue weighted by molar-refractivity contribution is -0.137. The molecule has 0 saturated heterocycles. The summed E-state index contributed by atoms with van der Waals surface area (Å²) in [7, 11) is 0. The summed E-state index contributed by atoms with van der Waals surface area (Å²) in [5, 5.41) is 12.1. The summed E-state index contributed by atoms with van der Waals surface area (Å²) in [5.74, 6) is 1.94. The van der Waals surface area contributed by atoms with Crippen molar-refractivity contribution in [2.24, 2.45) is 17.8 Å². The molecule has 0 aromatic rings. The predicted molar refractivity (Wildman–Crippen MR) is 56.5 cm³/mol. The molecule has 3 nitrogen and oxygen atoms in total. The van der Waals surface area contributed by atoms with Crippen LogP contribution in [0.15, 0.2) is 0 Å². The van der Waals surface area contributed by atoms with Crippen LogP contribution in [-0.2, 0) is 4.79 Å². The van der Waals surface area contributed by atoms with E-state index in [0.29, 0.717) is 0 Å². The number of aliphatic carboxylic acids is 1. The van der Waals surface area contributed by atoms with Crippen LogP contribution in [0.5, 0.6) is 0 Å². The van der Waals surface area contributed by atoms with E-state index in [4.69, 9.17) is 5.11 Å². The molecule has 0 unspecified atom stereocenters. The average molecular weight is 209 g/mol. The van der Waals surface area contributed by atoms with E-state index in [0.717, 1.165) is 17.8 Å². The van der Waals surface area contributed by atoms with E-state index in [-0.39, 0.29) is 12.1 Å². The molecule has 84 valence electrons. The van der Waals surface area contributed by atoms with Gasteiger partial charge in [-0.25, -0.2) is 0 Å². The highest BCUT2D eigenvalue weighted by Crippen LogP contribution is 2.55. The van der Waals surface area contributed by atoms with Crippen LogP contribution in [0.4, 0.5) is 0 Å². The van der Waals surface area contributed by atoms with Crippen molar-refractivity contribution in [3.05, 3.63) is 0 Å². The third kappa shape index (κ3) is 1.67. The molecule has 0 aromatic carbocycles. The zero-order valence-corrected chi connectivity index (χ0v) is 9.04. The molecular weight excluding hydrogens is 190 g/mol. The Labute approximate surface area is 90.2 Å². The second-order valence-electron chi connectivity index (χ2n) is 5.95. The molecule has 0 heterocycles. The molecule has 4 bridgehead atoms. The quantitative estimate of drug-likeness (QED) is 0.742. The molecule has 4 fully saturated rings. The highest BCUT2D eigenvalue weighted by Gasteiger charge is 2.50. The van der Waals surface area contributed by atoms with Crippen molar-refractivity contribution in [1.29, 1.82) is 0 Å². The fourth-order valence-electron chi connectivity index (χ4n) is 4.59. The van der Waals surface area contributed by atoms with Crippen LogP contribution in [0.25, 0.3) is 0 Å². The molecule has 0 radical (unpaired) electrons. The Morgan fingerprint density at radius 2 is 1.60 bits per heavy atom. The third-order valence-corrected chi connectivity index (χ3v) is 4.65. The minimum atomic E-state index is -0.717. The van der Waals surface area contributed by atoms with Crippen LogP contribution in [0, 0.1) is 17.8 Å². The first-order valence-corrected chi connectivity index (χ1v) is 6.12. The molecule has 0 atom stereocenters. The lowest BCUT2D eigenvalue weighted by Gasteiger charge is -2.57. The van der Waals surface area contributed by atoms with Crippen LogP contribution in [0.1, 0.15) is 38.5 Å². The number of hydrogen-bond acceptors (Lipinski definition) is 2. The number of carbonyl (C=O) groups is 1. The molecular formula is C12H19NO2. The summed E-state index contributed by atoms with van der Waals surface area (Å²) in [6.07, 6.45) is 7.92. The highest BCUT2D eigenvalue weighted by atomic mass is 16.4.